The second kappa shape index (κ2) is 12.7. The van der Waals surface area contributed by atoms with Crippen molar-refractivity contribution in [2.75, 3.05) is 40.9 Å². The molecule has 0 aromatic carbocycles. The SMILES string of the molecule is CCCCC(CC)C(=O)OCC[N+](C)(C)C.CCOS(=O)(=O)[O-]. The van der Waals surface area contributed by atoms with Gasteiger partial charge < -0.3 is 13.8 Å². The molecule has 0 rings (SSSR count). The highest BCUT2D eigenvalue weighted by atomic mass is 32.3. The third-order valence-electron chi connectivity index (χ3n) is 3.00. The maximum absolute atomic E-state index is 11.7. The fourth-order valence-electron chi connectivity index (χ4n) is 1.62. The Hall–Kier alpha value is -0.700. The third kappa shape index (κ3) is 19.3. The first-order valence-electron chi connectivity index (χ1n) is 8.04. The third-order valence-corrected chi connectivity index (χ3v) is 3.53. The van der Waals surface area contributed by atoms with Crippen molar-refractivity contribution in [2.24, 2.45) is 5.92 Å². The van der Waals surface area contributed by atoms with Gasteiger partial charge in [-0.1, -0.05) is 26.7 Å². The normalized spacial score (nSPS) is 13.0. The molecule has 23 heavy (non-hydrogen) atoms. The largest absolute Gasteiger partial charge is 0.726 e. The molecule has 0 aliphatic rings. The highest BCUT2D eigenvalue weighted by Gasteiger charge is 2.18. The molecule has 0 radical (unpaired) electrons. The Morgan fingerprint density at radius 3 is 2.04 bits per heavy atom. The molecule has 0 saturated carbocycles. The van der Waals surface area contributed by atoms with Crippen LogP contribution in [-0.4, -0.2) is 64.3 Å². The minimum atomic E-state index is -4.42. The van der Waals surface area contributed by atoms with Crippen molar-refractivity contribution >= 4 is 16.4 Å². The highest BCUT2D eigenvalue weighted by Crippen LogP contribution is 2.14. The Morgan fingerprint density at radius 1 is 1.17 bits per heavy atom. The summed E-state index contributed by atoms with van der Waals surface area (Å²) in [6.07, 6.45) is 4.12. The van der Waals surface area contributed by atoms with Gasteiger partial charge in [-0.25, -0.2) is 8.42 Å². The maximum atomic E-state index is 11.7. The maximum Gasteiger partial charge on any atom is 0.309 e. The molecule has 0 aliphatic heterocycles. The van der Waals surface area contributed by atoms with E-state index in [-0.39, 0.29) is 18.5 Å². The smallest absolute Gasteiger partial charge is 0.309 e. The van der Waals surface area contributed by atoms with Crippen LogP contribution in [0.4, 0.5) is 0 Å². The van der Waals surface area contributed by atoms with Crippen molar-refractivity contribution in [1.82, 2.24) is 0 Å². The summed E-state index contributed by atoms with van der Waals surface area (Å²) in [4.78, 5) is 11.7. The van der Waals surface area contributed by atoms with Crippen LogP contribution in [0.15, 0.2) is 0 Å². The Bertz CT molecular complexity index is 403. The Labute approximate surface area is 141 Å². The number of esters is 1. The highest BCUT2D eigenvalue weighted by molar-refractivity contribution is 7.80. The molecule has 0 aliphatic carbocycles. The van der Waals surface area contributed by atoms with Crippen LogP contribution in [0.5, 0.6) is 0 Å². The number of rotatable bonds is 10. The molecule has 0 bridgehead atoms. The van der Waals surface area contributed by atoms with Crippen molar-refractivity contribution in [3.8, 4) is 0 Å². The Morgan fingerprint density at radius 2 is 1.74 bits per heavy atom. The fourth-order valence-corrected chi connectivity index (χ4v) is 1.91. The molecule has 0 spiro atoms. The van der Waals surface area contributed by atoms with Crippen molar-refractivity contribution in [3.05, 3.63) is 0 Å². The van der Waals surface area contributed by atoms with E-state index in [0.29, 0.717) is 6.61 Å². The predicted molar refractivity (Wildman–Crippen MR) is 88.5 cm³/mol. The Balaban J connectivity index is 0. The van der Waals surface area contributed by atoms with Crippen LogP contribution in [-0.2, 0) is 24.1 Å². The molecular formula is C15H33NO6S. The molecule has 0 saturated heterocycles. The van der Waals surface area contributed by atoms with Crippen molar-refractivity contribution < 1.29 is 31.2 Å². The Kier molecular flexibility index (Phi) is 13.5. The molecule has 0 N–H and O–H groups in total. The van der Waals surface area contributed by atoms with Crippen LogP contribution >= 0.6 is 0 Å². The fraction of sp³-hybridized carbons (Fsp3) is 0.933. The molecular weight excluding hydrogens is 322 g/mol. The predicted octanol–water partition coefficient (Wildman–Crippen LogP) is 1.94. The van der Waals surface area contributed by atoms with Crippen LogP contribution in [0, 0.1) is 5.92 Å². The van der Waals surface area contributed by atoms with E-state index in [4.69, 9.17) is 4.74 Å². The van der Waals surface area contributed by atoms with Crippen molar-refractivity contribution in [3.63, 3.8) is 0 Å². The average Bonchev–Trinajstić information content (AvgIpc) is 2.37. The van der Waals surface area contributed by atoms with E-state index in [0.717, 1.165) is 36.7 Å². The molecule has 0 heterocycles. The zero-order valence-electron chi connectivity index (χ0n) is 15.3. The van der Waals surface area contributed by atoms with Crippen LogP contribution in [0.3, 0.4) is 0 Å². The van der Waals surface area contributed by atoms with Gasteiger partial charge >= 0.3 is 5.97 Å². The van der Waals surface area contributed by atoms with Gasteiger partial charge in [0.05, 0.1) is 33.7 Å². The molecule has 1 unspecified atom stereocenters. The van der Waals surface area contributed by atoms with Gasteiger partial charge in [-0.05, 0) is 19.8 Å². The average molecular weight is 355 g/mol. The number of carbonyl (C=O) groups excluding carboxylic acids is 1. The van der Waals surface area contributed by atoms with Gasteiger partial charge in [0, 0.05) is 0 Å². The van der Waals surface area contributed by atoms with Crippen LogP contribution in [0.2, 0.25) is 0 Å². The number of nitrogens with zero attached hydrogens (tertiary/aromatic N) is 1. The molecule has 0 aromatic rings. The molecule has 1 atom stereocenters. The summed E-state index contributed by atoms with van der Waals surface area (Å²) >= 11 is 0. The van der Waals surface area contributed by atoms with Crippen molar-refractivity contribution in [1.29, 1.82) is 0 Å². The minimum absolute atomic E-state index is 0.00981. The number of unbranched alkanes of at least 4 members (excludes halogenated alkanes) is 1. The number of likely N-dealkylation sites (N-methyl/N-ethyl adjacent to an activating group) is 1. The summed E-state index contributed by atoms with van der Waals surface area (Å²) in [5.74, 6) is 0.0943. The summed E-state index contributed by atoms with van der Waals surface area (Å²) in [6, 6.07) is 0. The van der Waals surface area contributed by atoms with Crippen LogP contribution < -0.4 is 0 Å². The molecule has 7 nitrogen and oxygen atoms in total. The summed E-state index contributed by atoms with van der Waals surface area (Å²) in [5, 5.41) is 0. The van der Waals surface area contributed by atoms with Gasteiger partial charge in [0.15, 0.2) is 0 Å². The summed E-state index contributed by atoms with van der Waals surface area (Å²) in [6.45, 7) is 6.94. The molecule has 0 aromatic heterocycles. The number of ether oxygens (including phenoxy) is 1. The van der Waals surface area contributed by atoms with E-state index in [9.17, 15) is 17.8 Å². The van der Waals surface area contributed by atoms with Gasteiger partial charge in [0.2, 0.25) is 10.4 Å². The zero-order valence-corrected chi connectivity index (χ0v) is 16.1. The van der Waals surface area contributed by atoms with Gasteiger partial charge in [-0.2, -0.15) is 0 Å². The van der Waals surface area contributed by atoms with Crippen molar-refractivity contribution in [2.45, 2.75) is 46.5 Å². The van der Waals surface area contributed by atoms with Gasteiger partial charge in [0.1, 0.15) is 13.2 Å². The van der Waals surface area contributed by atoms with E-state index < -0.39 is 10.4 Å². The lowest BCUT2D eigenvalue weighted by molar-refractivity contribution is -0.870. The lowest BCUT2D eigenvalue weighted by atomic mass is 10.00. The van der Waals surface area contributed by atoms with Crippen LogP contribution in [0.1, 0.15) is 46.5 Å². The summed E-state index contributed by atoms with van der Waals surface area (Å²) < 4.78 is 38.2. The number of quaternary nitrogens is 1. The topological polar surface area (TPSA) is 92.7 Å². The van der Waals surface area contributed by atoms with E-state index in [1.807, 2.05) is 0 Å². The quantitative estimate of drug-likeness (QED) is 0.257. The molecule has 0 fully saturated rings. The minimum Gasteiger partial charge on any atom is -0.726 e. The van der Waals surface area contributed by atoms with Crippen LogP contribution in [0.25, 0.3) is 0 Å². The van der Waals surface area contributed by atoms with Gasteiger partial charge in [-0.15, -0.1) is 0 Å². The lowest BCUT2D eigenvalue weighted by Gasteiger charge is -2.24. The van der Waals surface area contributed by atoms with E-state index in [1.54, 1.807) is 0 Å². The second-order valence-electron chi connectivity index (χ2n) is 6.24. The number of hydrogen-bond acceptors (Lipinski definition) is 6. The first-order valence-corrected chi connectivity index (χ1v) is 9.37. The summed E-state index contributed by atoms with van der Waals surface area (Å²) in [5.41, 5.74) is 0. The standard InChI is InChI=1S/C13H28NO2.C2H6O4S/c1-6-8-9-12(7-2)13(15)16-11-10-14(3,4)5;1-2-6-7(3,4)5/h12H,6-11H2,1-5H3;2H2,1H3,(H,3,4,5)/q+1;/p-1. The zero-order chi connectivity index (χ0) is 18.5. The molecule has 8 heteroatoms. The number of carbonyl (C=O) groups is 1. The van der Waals surface area contributed by atoms with Gasteiger partial charge in [0.25, 0.3) is 0 Å². The lowest BCUT2D eigenvalue weighted by Crippen LogP contribution is -2.38. The first-order chi connectivity index (χ1) is 10.5. The van der Waals surface area contributed by atoms with E-state index in [2.05, 4.69) is 39.2 Å². The van der Waals surface area contributed by atoms with Gasteiger partial charge in [-0.3, -0.25) is 8.98 Å². The van der Waals surface area contributed by atoms with E-state index in [1.165, 1.54) is 6.92 Å². The number of hydrogen-bond donors (Lipinski definition) is 0. The second-order valence-corrected chi connectivity index (χ2v) is 7.30. The summed E-state index contributed by atoms with van der Waals surface area (Å²) in [7, 11) is 1.87. The monoisotopic (exact) mass is 355 g/mol. The molecule has 140 valence electrons. The van der Waals surface area contributed by atoms with E-state index >= 15 is 0 Å². The first kappa shape index (κ1) is 24.6. The molecule has 0 amide bonds.